The number of hydrogen-bond donors (Lipinski definition) is 2. The molecule has 0 aliphatic heterocycles. The van der Waals surface area contributed by atoms with E-state index in [-0.39, 0.29) is 22.1 Å². The highest BCUT2D eigenvalue weighted by Crippen LogP contribution is 2.28. The first-order valence-electron chi connectivity index (χ1n) is 9.34. The molecule has 32 heavy (non-hydrogen) atoms. The Hall–Kier alpha value is -3.56. The van der Waals surface area contributed by atoms with E-state index in [1.54, 1.807) is 36.4 Å². The van der Waals surface area contributed by atoms with E-state index in [1.807, 2.05) is 0 Å². The molecule has 10 heteroatoms. The lowest BCUT2D eigenvalue weighted by atomic mass is 10.2. The molecule has 0 unspecified atom stereocenters. The molecule has 166 valence electrons. The summed E-state index contributed by atoms with van der Waals surface area (Å²) < 4.78 is 32.4. The Labute approximate surface area is 190 Å². The van der Waals surface area contributed by atoms with Crippen LogP contribution in [0.1, 0.15) is 5.56 Å². The highest BCUT2D eigenvalue weighted by Gasteiger charge is 2.27. The lowest BCUT2D eigenvalue weighted by molar-refractivity contribution is -0.119. The average Bonchev–Trinajstić information content (AvgIpc) is 2.80. The van der Waals surface area contributed by atoms with E-state index in [4.69, 9.17) is 16.3 Å². The number of amides is 1. The highest BCUT2D eigenvalue weighted by molar-refractivity contribution is 7.92. The number of phenolic OH excluding ortho intramolecular Hbond substituents is 1. The van der Waals surface area contributed by atoms with E-state index in [1.165, 1.54) is 49.7 Å². The van der Waals surface area contributed by atoms with E-state index in [0.29, 0.717) is 10.6 Å². The average molecular weight is 474 g/mol. The van der Waals surface area contributed by atoms with Crippen molar-refractivity contribution in [2.24, 2.45) is 5.10 Å². The maximum atomic E-state index is 13.2. The van der Waals surface area contributed by atoms with Crippen molar-refractivity contribution in [2.75, 3.05) is 18.0 Å². The first kappa shape index (κ1) is 23.1. The third kappa shape index (κ3) is 5.37. The number of nitrogens with zero attached hydrogens (tertiary/aromatic N) is 2. The zero-order valence-corrected chi connectivity index (χ0v) is 18.5. The molecule has 0 aromatic heterocycles. The standard InChI is InChI=1S/C22H20ClN3O5S/c1-31-20-9-5-6-16(22(20)28)14-24-25-21(27)15-26(18-12-10-17(23)11-13-18)32(29,30)19-7-3-2-4-8-19/h2-14,28H,15H2,1H3,(H,25,27)/b24-14-. The van der Waals surface area contributed by atoms with Crippen LogP contribution in [0.25, 0.3) is 0 Å². The van der Waals surface area contributed by atoms with Crippen molar-refractivity contribution in [1.82, 2.24) is 5.43 Å². The summed E-state index contributed by atoms with van der Waals surface area (Å²) in [6, 6.07) is 18.7. The molecule has 3 aromatic rings. The predicted molar refractivity (Wildman–Crippen MR) is 123 cm³/mol. The van der Waals surface area contributed by atoms with Crippen LogP contribution >= 0.6 is 11.6 Å². The lowest BCUT2D eigenvalue weighted by Crippen LogP contribution is -2.39. The summed E-state index contributed by atoms with van der Waals surface area (Å²) in [4.78, 5) is 12.6. The molecule has 0 saturated carbocycles. The SMILES string of the molecule is COc1cccc(/C=N\NC(=O)CN(c2ccc(Cl)cc2)S(=O)(=O)c2ccccc2)c1O. The van der Waals surface area contributed by atoms with Crippen molar-refractivity contribution in [2.45, 2.75) is 4.90 Å². The van der Waals surface area contributed by atoms with Gasteiger partial charge in [-0.1, -0.05) is 35.9 Å². The molecule has 0 heterocycles. The van der Waals surface area contributed by atoms with Gasteiger partial charge >= 0.3 is 0 Å². The van der Waals surface area contributed by atoms with Crippen molar-refractivity contribution in [3.05, 3.63) is 83.4 Å². The maximum absolute atomic E-state index is 13.2. The molecule has 0 radical (unpaired) electrons. The van der Waals surface area contributed by atoms with Gasteiger partial charge in [-0.05, 0) is 48.5 Å². The second kappa shape index (κ2) is 10.2. The summed E-state index contributed by atoms with van der Waals surface area (Å²) in [6.07, 6.45) is 1.23. The molecule has 0 fully saturated rings. The number of phenols is 1. The third-order valence-corrected chi connectivity index (χ3v) is 6.42. The zero-order valence-electron chi connectivity index (χ0n) is 17.0. The Morgan fingerprint density at radius 2 is 1.78 bits per heavy atom. The molecule has 8 nitrogen and oxygen atoms in total. The van der Waals surface area contributed by atoms with Crippen LogP contribution in [0, 0.1) is 0 Å². The van der Waals surface area contributed by atoms with E-state index < -0.39 is 22.5 Å². The summed E-state index contributed by atoms with van der Waals surface area (Å²) in [5, 5.41) is 14.3. The van der Waals surface area contributed by atoms with Crippen molar-refractivity contribution in [3.8, 4) is 11.5 Å². The number of carbonyl (C=O) groups excluding carboxylic acids is 1. The number of para-hydroxylation sites is 1. The van der Waals surface area contributed by atoms with Crippen molar-refractivity contribution in [1.29, 1.82) is 0 Å². The molecule has 0 bridgehead atoms. The van der Waals surface area contributed by atoms with Crippen molar-refractivity contribution in [3.63, 3.8) is 0 Å². The van der Waals surface area contributed by atoms with Crippen LogP contribution in [0.2, 0.25) is 5.02 Å². The Morgan fingerprint density at radius 3 is 2.44 bits per heavy atom. The van der Waals surface area contributed by atoms with Gasteiger partial charge in [-0.3, -0.25) is 9.10 Å². The third-order valence-electron chi connectivity index (χ3n) is 4.38. The number of hydrogen-bond acceptors (Lipinski definition) is 6. The fourth-order valence-corrected chi connectivity index (χ4v) is 4.36. The van der Waals surface area contributed by atoms with Crippen LogP contribution in [0.3, 0.4) is 0 Å². The maximum Gasteiger partial charge on any atom is 0.264 e. The number of nitrogens with one attached hydrogen (secondary N) is 1. The molecule has 3 aromatic carbocycles. The number of halogens is 1. The van der Waals surface area contributed by atoms with Gasteiger partial charge in [-0.15, -0.1) is 0 Å². The first-order chi connectivity index (χ1) is 15.3. The minimum absolute atomic E-state index is 0.0348. The summed E-state index contributed by atoms with van der Waals surface area (Å²) in [5.41, 5.74) is 2.86. The van der Waals surface area contributed by atoms with E-state index in [0.717, 1.165) is 4.31 Å². The number of aromatic hydroxyl groups is 1. The molecule has 0 saturated heterocycles. The fourth-order valence-electron chi connectivity index (χ4n) is 2.79. The Morgan fingerprint density at radius 1 is 1.09 bits per heavy atom. The van der Waals surface area contributed by atoms with Gasteiger partial charge in [0.05, 0.1) is 23.9 Å². The number of benzene rings is 3. The fraction of sp³-hybridized carbons (Fsp3) is 0.0909. The number of ether oxygens (including phenoxy) is 1. The van der Waals surface area contributed by atoms with Gasteiger partial charge in [-0.25, -0.2) is 13.8 Å². The van der Waals surface area contributed by atoms with Crippen molar-refractivity contribution >= 4 is 39.4 Å². The molecule has 3 rings (SSSR count). The summed E-state index contributed by atoms with van der Waals surface area (Å²) in [5.74, 6) is -0.566. The molecule has 0 spiro atoms. The van der Waals surface area contributed by atoms with Gasteiger partial charge in [0, 0.05) is 10.6 Å². The summed E-state index contributed by atoms with van der Waals surface area (Å²) in [7, 11) is -2.62. The van der Waals surface area contributed by atoms with Crippen molar-refractivity contribution < 1.29 is 23.1 Å². The molecule has 0 aliphatic rings. The van der Waals surface area contributed by atoms with Crippen LogP contribution in [0.5, 0.6) is 11.5 Å². The van der Waals surface area contributed by atoms with Gasteiger partial charge < -0.3 is 9.84 Å². The lowest BCUT2D eigenvalue weighted by Gasteiger charge is -2.23. The minimum atomic E-state index is -4.03. The van der Waals surface area contributed by atoms with Gasteiger partial charge in [-0.2, -0.15) is 5.10 Å². The van der Waals surface area contributed by atoms with Crippen LogP contribution in [-0.2, 0) is 14.8 Å². The van der Waals surface area contributed by atoms with Crippen LogP contribution in [0.4, 0.5) is 5.69 Å². The number of hydrazone groups is 1. The van der Waals surface area contributed by atoms with Gasteiger partial charge in [0.25, 0.3) is 15.9 Å². The summed E-state index contributed by atoms with van der Waals surface area (Å²) in [6.45, 7) is -0.527. The second-order valence-electron chi connectivity index (χ2n) is 6.49. The van der Waals surface area contributed by atoms with Gasteiger partial charge in [0.1, 0.15) is 6.54 Å². The first-order valence-corrected chi connectivity index (χ1v) is 11.2. The van der Waals surface area contributed by atoms with Gasteiger partial charge in [0.15, 0.2) is 11.5 Å². The number of anilines is 1. The smallest absolute Gasteiger partial charge is 0.264 e. The summed E-state index contributed by atoms with van der Waals surface area (Å²) >= 11 is 5.92. The molecule has 0 atom stereocenters. The number of rotatable bonds is 8. The van der Waals surface area contributed by atoms with E-state index >= 15 is 0 Å². The minimum Gasteiger partial charge on any atom is -0.504 e. The quantitative estimate of drug-likeness (QED) is 0.385. The largest absolute Gasteiger partial charge is 0.504 e. The number of methoxy groups -OCH3 is 1. The molecule has 0 aliphatic carbocycles. The zero-order chi connectivity index (χ0) is 23.1. The predicted octanol–water partition coefficient (Wildman–Crippen LogP) is 3.40. The van der Waals surface area contributed by atoms with E-state index in [9.17, 15) is 18.3 Å². The molecular weight excluding hydrogens is 454 g/mol. The Bertz CT molecular complexity index is 1220. The number of sulfonamides is 1. The van der Waals surface area contributed by atoms with Crippen LogP contribution < -0.4 is 14.5 Å². The molecule has 2 N–H and O–H groups in total. The normalized spacial score (nSPS) is 11.3. The van der Waals surface area contributed by atoms with Crippen LogP contribution in [0.15, 0.2) is 82.8 Å². The second-order valence-corrected chi connectivity index (χ2v) is 8.79. The topological polar surface area (TPSA) is 108 Å². The highest BCUT2D eigenvalue weighted by atomic mass is 35.5. The Balaban J connectivity index is 1.82. The molecular formula is C22H20ClN3O5S. The number of carbonyl (C=O) groups is 1. The molecule has 1 amide bonds. The monoisotopic (exact) mass is 473 g/mol. The van der Waals surface area contributed by atoms with Crippen LogP contribution in [-0.4, -0.2) is 39.3 Å². The van der Waals surface area contributed by atoms with Gasteiger partial charge in [0.2, 0.25) is 0 Å². The van der Waals surface area contributed by atoms with E-state index in [2.05, 4.69) is 10.5 Å². The Kier molecular flexibility index (Phi) is 7.34.